The van der Waals surface area contributed by atoms with E-state index in [1.165, 1.54) is 5.56 Å². The standard InChI is InChI=1S/C14H17N3O2/c1-2-10-3-5-11(6-4-10)9-13-15-12(16-17-13)7-8-14(18)19/h3-6H,2,7-9H2,1H3,(H,18,19)(H,15,16,17). The number of nitrogens with zero attached hydrogens (tertiary/aromatic N) is 2. The zero-order valence-corrected chi connectivity index (χ0v) is 10.9. The number of aryl methyl sites for hydroxylation is 2. The Morgan fingerprint density at radius 2 is 1.95 bits per heavy atom. The largest absolute Gasteiger partial charge is 0.481 e. The third-order valence-electron chi connectivity index (χ3n) is 2.94. The molecule has 0 saturated carbocycles. The topological polar surface area (TPSA) is 78.9 Å². The molecule has 0 aliphatic heterocycles. The van der Waals surface area contributed by atoms with Gasteiger partial charge in [0.1, 0.15) is 5.82 Å². The Labute approximate surface area is 111 Å². The first-order chi connectivity index (χ1) is 9.17. The minimum absolute atomic E-state index is 0.0580. The van der Waals surface area contributed by atoms with E-state index in [-0.39, 0.29) is 6.42 Å². The highest BCUT2D eigenvalue weighted by Gasteiger charge is 2.06. The van der Waals surface area contributed by atoms with Crippen molar-refractivity contribution in [1.82, 2.24) is 15.2 Å². The second kappa shape index (κ2) is 6.13. The van der Waals surface area contributed by atoms with Gasteiger partial charge in [-0.25, -0.2) is 4.98 Å². The summed E-state index contributed by atoms with van der Waals surface area (Å²) in [5, 5.41) is 15.5. The lowest BCUT2D eigenvalue weighted by Crippen LogP contribution is -1.99. The molecule has 19 heavy (non-hydrogen) atoms. The van der Waals surface area contributed by atoms with Gasteiger partial charge in [-0.15, -0.1) is 0 Å². The Morgan fingerprint density at radius 1 is 1.26 bits per heavy atom. The van der Waals surface area contributed by atoms with Gasteiger partial charge in [-0.1, -0.05) is 31.2 Å². The van der Waals surface area contributed by atoms with E-state index in [2.05, 4.69) is 46.4 Å². The highest BCUT2D eigenvalue weighted by molar-refractivity contribution is 5.66. The van der Waals surface area contributed by atoms with Crippen LogP contribution in [-0.2, 0) is 24.1 Å². The van der Waals surface area contributed by atoms with Crippen LogP contribution >= 0.6 is 0 Å². The van der Waals surface area contributed by atoms with Crippen LogP contribution in [0, 0.1) is 0 Å². The lowest BCUT2D eigenvalue weighted by molar-refractivity contribution is -0.137. The molecule has 0 radical (unpaired) electrons. The molecule has 2 N–H and O–H groups in total. The fourth-order valence-corrected chi connectivity index (χ4v) is 1.83. The number of carbonyl (C=O) groups is 1. The Kier molecular flexibility index (Phi) is 4.28. The summed E-state index contributed by atoms with van der Waals surface area (Å²) in [5.41, 5.74) is 2.47. The zero-order valence-electron chi connectivity index (χ0n) is 10.9. The maximum absolute atomic E-state index is 10.5. The predicted molar refractivity (Wildman–Crippen MR) is 71.0 cm³/mol. The number of hydrogen-bond acceptors (Lipinski definition) is 3. The van der Waals surface area contributed by atoms with Crippen LogP contribution in [0.15, 0.2) is 24.3 Å². The summed E-state index contributed by atoms with van der Waals surface area (Å²) < 4.78 is 0. The van der Waals surface area contributed by atoms with Crippen molar-refractivity contribution in [2.75, 3.05) is 0 Å². The molecule has 1 aromatic heterocycles. The number of aromatic amines is 1. The molecule has 1 heterocycles. The normalized spacial score (nSPS) is 10.6. The minimum Gasteiger partial charge on any atom is -0.481 e. The van der Waals surface area contributed by atoms with Crippen LogP contribution < -0.4 is 0 Å². The molecule has 0 unspecified atom stereocenters. The Bertz CT molecular complexity index is 546. The van der Waals surface area contributed by atoms with Crippen LogP contribution in [0.5, 0.6) is 0 Å². The lowest BCUT2D eigenvalue weighted by atomic mass is 10.1. The third kappa shape index (κ3) is 3.91. The molecule has 1 aromatic carbocycles. The highest BCUT2D eigenvalue weighted by Crippen LogP contribution is 2.09. The Balaban J connectivity index is 1.96. The number of benzene rings is 1. The van der Waals surface area contributed by atoms with Crippen LogP contribution in [0.25, 0.3) is 0 Å². The molecule has 0 bridgehead atoms. The molecule has 0 spiro atoms. The maximum Gasteiger partial charge on any atom is 0.303 e. The maximum atomic E-state index is 10.5. The van der Waals surface area contributed by atoms with Gasteiger partial charge in [-0.3, -0.25) is 9.89 Å². The number of carboxylic acid groups (broad SMARTS) is 1. The summed E-state index contributed by atoms with van der Waals surface area (Å²) in [5.74, 6) is 0.494. The van der Waals surface area contributed by atoms with E-state index in [1.807, 2.05) is 0 Å². The van der Waals surface area contributed by atoms with Crippen molar-refractivity contribution in [2.45, 2.75) is 32.6 Å². The molecule has 2 aromatic rings. The van der Waals surface area contributed by atoms with E-state index >= 15 is 0 Å². The SMILES string of the molecule is CCc1ccc(Cc2nc(CCC(=O)O)n[nH]2)cc1. The average Bonchev–Trinajstić information content (AvgIpc) is 2.85. The molecule has 0 saturated heterocycles. The van der Waals surface area contributed by atoms with Crippen LogP contribution in [0.4, 0.5) is 0 Å². The van der Waals surface area contributed by atoms with Crippen molar-refractivity contribution >= 4 is 5.97 Å². The van der Waals surface area contributed by atoms with E-state index in [9.17, 15) is 4.79 Å². The Hall–Kier alpha value is -2.17. The van der Waals surface area contributed by atoms with Crippen molar-refractivity contribution in [3.05, 3.63) is 47.0 Å². The molecule has 0 amide bonds. The number of H-pyrrole nitrogens is 1. The first-order valence-electron chi connectivity index (χ1n) is 6.37. The molecule has 0 fully saturated rings. The summed E-state index contributed by atoms with van der Waals surface area (Å²) in [4.78, 5) is 14.8. The molecule has 0 aliphatic rings. The van der Waals surface area contributed by atoms with Gasteiger partial charge in [-0.2, -0.15) is 5.10 Å². The van der Waals surface area contributed by atoms with Crippen LogP contribution in [-0.4, -0.2) is 26.3 Å². The second-order valence-corrected chi connectivity index (χ2v) is 4.44. The van der Waals surface area contributed by atoms with Gasteiger partial charge in [0, 0.05) is 12.8 Å². The van der Waals surface area contributed by atoms with Crippen LogP contribution in [0.2, 0.25) is 0 Å². The van der Waals surface area contributed by atoms with Crippen molar-refractivity contribution in [1.29, 1.82) is 0 Å². The zero-order chi connectivity index (χ0) is 13.7. The second-order valence-electron chi connectivity index (χ2n) is 4.44. The summed E-state index contributed by atoms with van der Waals surface area (Å²) in [7, 11) is 0. The number of hydrogen-bond donors (Lipinski definition) is 2. The van der Waals surface area contributed by atoms with Gasteiger partial charge in [0.25, 0.3) is 0 Å². The quantitative estimate of drug-likeness (QED) is 0.831. The molecule has 0 atom stereocenters. The third-order valence-corrected chi connectivity index (χ3v) is 2.94. The van der Waals surface area contributed by atoms with E-state index in [4.69, 9.17) is 5.11 Å². The molecule has 5 heteroatoms. The van der Waals surface area contributed by atoms with Crippen molar-refractivity contribution < 1.29 is 9.90 Å². The number of aliphatic carboxylic acids is 1. The Morgan fingerprint density at radius 3 is 2.58 bits per heavy atom. The molecular formula is C14H17N3O2. The highest BCUT2D eigenvalue weighted by atomic mass is 16.4. The average molecular weight is 259 g/mol. The van der Waals surface area contributed by atoms with E-state index in [1.54, 1.807) is 0 Å². The smallest absolute Gasteiger partial charge is 0.303 e. The number of aromatic nitrogens is 3. The van der Waals surface area contributed by atoms with Gasteiger partial charge >= 0.3 is 5.97 Å². The summed E-state index contributed by atoms with van der Waals surface area (Å²) in [6.07, 6.45) is 2.13. The van der Waals surface area contributed by atoms with Crippen molar-refractivity contribution in [3.63, 3.8) is 0 Å². The van der Waals surface area contributed by atoms with Crippen LogP contribution in [0.3, 0.4) is 0 Å². The van der Waals surface area contributed by atoms with Gasteiger partial charge in [0.15, 0.2) is 5.82 Å². The predicted octanol–water partition coefficient (Wildman–Crippen LogP) is 1.98. The molecule has 100 valence electrons. The van der Waals surface area contributed by atoms with E-state index in [0.29, 0.717) is 18.7 Å². The lowest BCUT2D eigenvalue weighted by Gasteiger charge is -2.00. The van der Waals surface area contributed by atoms with Crippen LogP contribution in [0.1, 0.15) is 36.1 Å². The van der Waals surface area contributed by atoms with Gasteiger partial charge in [0.2, 0.25) is 0 Å². The summed E-state index contributed by atoms with van der Waals surface area (Å²) in [6.45, 7) is 2.13. The summed E-state index contributed by atoms with van der Waals surface area (Å²) in [6, 6.07) is 8.38. The first-order valence-corrected chi connectivity index (χ1v) is 6.37. The van der Waals surface area contributed by atoms with Gasteiger partial charge in [-0.05, 0) is 17.5 Å². The number of nitrogens with one attached hydrogen (secondary N) is 1. The number of carboxylic acids is 1. The fourth-order valence-electron chi connectivity index (χ4n) is 1.83. The molecule has 2 rings (SSSR count). The molecule has 0 aliphatic carbocycles. The van der Waals surface area contributed by atoms with Gasteiger partial charge in [0.05, 0.1) is 6.42 Å². The molecule has 5 nitrogen and oxygen atoms in total. The van der Waals surface area contributed by atoms with E-state index in [0.717, 1.165) is 17.8 Å². The fraction of sp³-hybridized carbons (Fsp3) is 0.357. The molecular weight excluding hydrogens is 242 g/mol. The van der Waals surface area contributed by atoms with Crippen molar-refractivity contribution in [3.8, 4) is 0 Å². The number of rotatable bonds is 6. The van der Waals surface area contributed by atoms with Crippen molar-refractivity contribution in [2.24, 2.45) is 0 Å². The van der Waals surface area contributed by atoms with Gasteiger partial charge < -0.3 is 5.11 Å². The summed E-state index contributed by atoms with van der Waals surface area (Å²) >= 11 is 0. The monoisotopic (exact) mass is 259 g/mol. The minimum atomic E-state index is -0.832. The van der Waals surface area contributed by atoms with E-state index < -0.39 is 5.97 Å². The first kappa shape index (κ1) is 13.3.